The van der Waals surface area contributed by atoms with Gasteiger partial charge in [0.1, 0.15) is 6.04 Å². The minimum Gasteiger partial charge on any atom is -0.454 e. The van der Waals surface area contributed by atoms with Crippen molar-refractivity contribution in [2.45, 2.75) is 18.5 Å². The second kappa shape index (κ2) is 9.50. The molecule has 2 rings (SSSR count). The van der Waals surface area contributed by atoms with Gasteiger partial charge in [-0.15, -0.1) is 13.2 Å². The van der Waals surface area contributed by atoms with E-state index < -0.39 is 12.0 Å². The van der Waals surface area contributed by atoms with Crippen LogP contribution >= 0.6 is 15.9 Å². The summed E-state index contributed by atoms with van der Waals surface area (Å²) >= 11 is 3.40. The summed E-state index contributed by atoms with van der Waals surface area (Å²) in [6.45, 7) is 7.70. The molecule has 1 fully saturated rings. The molecular formula is C18H22BrN3O3. The highest BCUT2D eigenvalue weighted by Gasteiger charge is 2.31. The highest BCUT2D eigenvalue weighted by molar-refractivity contribution is 9.10. The lowest BCUT2D eigenvalue weighted by Gasteiger charge is -2.19. The maximum atomic E-state index is 12.2. The van der Waals surface area contributed by atoms with Crippen molar-refractivity contribution in [3.8, 4) is 0 Å². The smallest absolute Gasteiger partial charge is 0.325 e. The van der Waals surface area contributed by atoms with Crippen molar-refractivity contribution in [1.29, 1.82) is 0 Å². The first-order valence-corrected chi connectivity index (χ1v) is 8.77. The molecule has 1 heterocycles. The summed E-state index contributed by atoms with van der Waals surface area (Å²) in [7, 11) is 0. The van der Waals surface area contributed by atoms with E-state index in [1.54, 1.807) is 12.2 Å². The number of carbonyl (C=O) groups excluding carboxylic acids is 2. The fourth-order valence-electron chi connectivity index (χ4n) is 2.54. The Bertz CT molecular complexity index is 623. The standard InChI is InChI=1S/C18H22BrN3O3/c1-3-9-22(10-4-2)17(23)12-25-18(24)16-11-15(20-21-16)13-5-7-14(19)8-6-13/h3-8,15-16,20-21H,1-2,9-12H2. The summed E-state index contributed by atoms with van der Waals surface area (Å²) in [5, 5.41) is 0. The van der Waals surface area contributed by atoms with Crippen molar-refractivity contribution in [2.75, 3.05) is 19.7 Å². The first kappa shape index (κ1) is 19.4. The summed E-state index contributed by atoms with van der Waals surface area (Å²) in [6.07, 6.45) is 3.79. The summed E-state index contributed by atoms with van der Waals surface area (Å²) < 4.78 is 6.16. The van der Waals surface area contributed by atoms with Gasteiger partial charge in [0.05, 0.1) is 0 Å². The molecule has 1 aliphatic rings. The number of nitrogens with zero attached hydrogens (tertiary/aromatic N) is 1. The maximum absolute atomic E-state index is 12.2. The molecule has 1 aromatic carbocycles. The van der Waals surface area contributed by atoms with Crippen molar-refractivity contribution >= 4 is 27.8 Å². The number of hydrazine groups is 1. The van der Waals surface area contributed by atoms with Crippen molar-refractivity contribution in [3.05, 3.63) is 59.6 Å². The zero-order valence-electron chi connectivity index (χ0n) is 13.9. The van der Waals surface area contributed by atoms with Crippen LogP contribution in [0.15, 0.2) is 54.0 Å². The largest absolute Gasteiger partial charge is 0.454 e. The van der Waals surface area contributed by atoms with Gasteiger partial charge in [-0.05, 0) is 24.1 Å². The van der Waals surface area contributed by atoms with Crippen molar-refractivity contribution in [2.24, 2.45) is 0 Å². The van der Waals surface area contributed by atoms with E-state index in [9.17, 15) is 9.59 Å². The molecule has 1 amide bonds. The highest BCUT2D eigenvalue weighted by atomic mass is 79.9. The Kier molecular flexibility index (Phi) is 7.36. The van der Waals surface area contributed by atoms with Crippen LogP contribution in [0.4, 0.5) is 0 Å². The molecule has 0 aromatic heterocycles. The van der Waals surface area contributed by atoms with E-state index in [1.165, 1.54) is 4.90 Å². The van der Waals surface area contributed by atoms with Gasteiger partial charge in [-0.25, -0.2) is 10.9 Å². The van der Waals surface area contributed by atoms with Crippen LogP contribution in [-0.4, -0.2) is 42.5 Å². The molecule has 1 aliphatic heterocycles. The Hall–Kier alpha value is -1.96. The molecule has 2 N–H and O–H groups in total. The van der Waals surface area contributed by atoms with E-state index in [0.717, 1.165) is 10.0 Å². The van der Waals surface area contributed by atoms with E-state index >= 15 is 0 Å². The fourth-order valence-corrected chi connectivity index (χ4v) is 2.80. The number of carbonyl (C=O) groups is 2. The van der Waals surface area contributed by atoms with Gasteiger partial charge in [0.25, 0.3) is 5.91 Å². The average Bonchev–Trinajstić information content (AvgIpc) is 3.10. The molecule has 25 heavy (non-hydrogen) atoms. The summed E-state index contributed by atoms with van der Waals surface area (Å²) in [6, 6.07) is 7.41. The topological polar surface area (TPSA) is 70.7 Å². The molecule has 1 saturated heterocycles. The predicted octanol–water partition coefficient (Wildman–Crippen LogP) is 2.10. The molecule has 0 saturated carbocycles. The number of nitrogens with one attached hydrogen (secondary N) is 2. The summed E-state index contributed by atoms with van der Waals surface area (Å²) in [4.78, 5) is 25.8. The normalized spacial score (nSPS) is 19.2. The Morgan fingerprint density at radius 3 is 2.44 bits per heavy atom. The first-order valence-electron chi connectivity index (χ1n) is 7.98. The first-order chi connectivity index (χ1) is 12.0. The third kappa shape index (κ3) is 5.52. The lowest BCUT2D eigenvalue weighted by Crippen LogP contribution is -2.40. The quantitative estimate of drug-likeness (QED) is 0.509. The number of ether oxygens (including phenoxy) is 1. The number of rotatable bonds is 8. The van der Waals surface area contributed by atoms with Crippen LogP contribution in [0.3, 0.4) is 0 Å². The van der Waals surface area contributed by atoms with Crippen LogP contribution in [0.1, 0.15) is 18.0 Å². The molecule has 134 valence electrons. The lowest BCUT2D eigenvalue weighted by molar-refractivity contribution is -0.153. The van der Waals surface area contributed by atoms with Crippen LogP contribution in [0.2, 0.25) is 0 Å². The molecule has 0 aliphatic carbocycles. The molecular weight excluding hydrogens is 386 g/mol. The maximum Gasteiger partial charge on any atom is 0.325 e. The summed E-state index contributed by atoms with van der Waals surface area (Å²) in [5.74, 6) is -0.721. The number of amides is 1. The van der Waals surface area contributed by atoms with Gasteiger partial charge in [-0.3, -0.25) is 9.59 Å². The molecule has 0 spiro atoms. The van der Waals surface area contributed by atoms with E-state index in [4.69, 9.17) is 4.74 Å². The minimum atomic E-state index is -0.492. The monoisotopic (exact) mass is 407 g/mol. The number of benzene rings is 1. The third-order valence-corrected chi connectivity index (χ3v) is 4.38. The molecule has 2 unspecified atom stereocenters. The van der Waals surface area contributed by atoms with Gasteiger partial charge in [-0.1, -0.05) is 40.2 Å². The predicted molar refractivity (Wildman–Crippen MR) is 99.5 cm³/mol. The van der Waals surface area contributed by atoms with Gasteiger partial charge in [0.15, 0.2) is 6.61 Å². The molecule has 1 aromatic rings. The molecule has 7 heteroatoms. The van der Waals surface area contributed by atoms with Crippen molar-refractivity contribution < 1.29 is 14.3 Å². The molecule has 2 atom stereocenters. The molecule has 0 bridgehead atoms. The zero-order valence-corrected chi connectivity index (χ0v) is 15.5. The number of hydrogen-bond acceptors (Lipinski definition) is 5. The van der Waals surface area contributed by atoms with E-state index in [2.05, 4.69) is 39.9 Å². The SMILES string of the molecule is C=CCN(CC=C)C(=O)COC(=O)C1CC(c2ccc(Br)cc2)NN1. The number of esters is 1. The second-order valence-corrected chi connectivity index (χ2v) is 6.58. The minimum absolute atomic E-state index is 0.0133. The summed E-state index contributed by atoms with van der Waals surface area (Å²) in [5.41, 5.74) is 7.09. The molecule has 0 radical (unpaired) electrons. The third-order valence-electron chi connectivity index (χ3n) is 3.85. The van der Waals surface area contributed by atoms with Crippen LogP contribution < -0.4 is 10.9 Å². The van der Waals surface area contributed by atoms with E-state index in [1.807, 2.05) is 24.3 Å². The van der Waals surface area contributed by atoms with Gasteiger partial charge < -0.3 is 9.64 Å². The Labute approximate surface area is 156 Å². The van der Waals surface area contributed by atoms with Gasteiger partial charge in [0, 0.05) is 23.6 Å². The van der Waals surface area contributed by atoms with E-state index in [0.29, 0.717) is 19.5 Å². The Balaban J connectivity index is 1.83. The lowest BCUT2D eigenvalue weighted by atomic mass is 10.0. The second-order valence-electron chi connectivity index (χ2n) is 5.66. The molecule has 6 nitrogen and oxygen atoms in total. The van der Waals surface area contributed by atoms with E-state index in [-0.39, 0.29) is 18.6 Å². The van der Waals surface area contributed by atoms with Crippen LogP contribution in [-0.2, 0) is 14.3 Å². The number of halogens is 1. The Morgan fingerprint density at radius 2 is 1.84 bits per heavy atom. The zero-order chi connectivity index (χ0) is 18.2. The highest BCUT2D eigenvalue weighted by Crippen LogP contribution is 2.24. The van der Waals surface area contributed by atoms with Crippen molar-refractivity contribution in [1.82, 2.24) is 15.8 Å². The van der Waals surface area contributed by atoms with Gasteiger partial charge in [-0.2, -0.15) is 0 Å². The van der Waals surface area contributed by atoms with Crippen LogP contribution in [0.25, 0.3) is 0 Å². The Morgan fingerprint density at radius 1 is 1.20 bits per heavy atom. The van der Waals surface area contributed by atoms with Crippen molar-refractivity contribution in [3.63, 3.8) is 0 Å². The van der Waals surface area contributed by atoms with Crippen LogP contribution in [0.5, 0.6) is 0 Å². The average molecular weight is 408 g/mol. The van der Waals surface area contributed by atoms with Crippen LogP contribution in [0, 0.1) is 0 Å². The fraction of sp³-hybridized carbons (Fsp3) is 0.333. The van der Waals surface area contributed by atoms with Gasteiger partial charge >= 0.3 is 5.97 Å². The van der Waals surface area contributed by atoms with Gasteiger partial charge in [0.2, 0.25) is 0 Å². The number of hydrogen-bond donors (Lipinski definition) is 2.